The Hall–Kier alpha value is -2.44. The van der Waals surface area contributed by atoms with Crippen molar-refractivity contribution in [3.8, 4) is 17.1 Å². The first-order valence-corrected chi connectivity index (χ1v) is 5.12. The van der Waals surface area contributed by atoms with Crippen molar-refractivity contribution < 1.29 is 22.7 Å². The molecular weight excluding hydrogens is 261 g/mol. The summed E-state index contributed by atoms with van der Waals surface area (Å²) >= 11 is 0. The van der Waals surface area contributed by atoms with Crippen LogP contribution < -0.4 is 4.74 Å². The lowest BCUT2D eigenvalue weighted by molar-refractivity contribution is -0.274. The fourth-order valence-electron chi connectivity index (χ4n) is 1.38. The zero-order valence-corrected chi connectivity index (χ0v) is 9.39. The first-order chi connectivity index (χ1) is 8.98. The van der Waals surface area contributed by atoms with Gasteiger partial charge in [-0.25, -0.2) is 9.97 Å². The van der Waals surface area contributed by atoms with Crippen LogP contribution in [-0.4, -0.2) is 22.6 Å². The number of nitrogens with zero attached hydrogens (tertiary/aromatic N) is 2. The van der Waals surface area contributed by atoms with E-state index in [-0.39, 0.29) is 17.3 Å². The van der Waals surface area contributed by atoms with Gasteiger partial charge < -0.3 is 4.74 Å². The lowest BCUT2D eigenvalue weighted by atomic mass is 10.2. The van der Waals surface area contributed by atoms with Crippen LogP contribution in [0.5, 0.6) is 5.75 Å². The van der Waals surface area contributed by atoms with Gasteiger partial charge >= 0.3 is 6.36 Å². The molecule has 0 spiro atoms. The predicted molar refractivity (Wildman–Crippen MR) is 59.5 cm³/mol. The number of benzene rings is 1. The Morgan fingerprint density at radius 1 is 1.11 bits per heavy atom. The van der Waals surface area contributed by atoms with Crippen LogP contribution in [0.2, 0.25) is 0 Å². The van der Waals surface area contributed by atoms with Crippen LogP contribution in [0.4, 0.5) is 13.2 Å². The third-order valence-electron chi connectivity index (χ3n) is 2.14. The molecule has 0 aliphatic rings. The SMILES string of the molecule is O=Cc1ccnc(-c2ccc(OC(F)(F)F)cc2)n1. The average Bonchev–Trinajstić information content (AvgIpc) is 2.38. The number of rotatable bonds is 3. The second kappa shape index (κ2) is 5.05. The van der Waals surface area contributed by atoms with Crippen LogP contribution >= 0.6 is 0 Å². The highest BCUT2D eigenvalue weighted by Gasteiger charge is 2.30. The number of hydrogen-bond donors (Lipinski definition) is 0. The molecule has 0 bridgehead atoms. The van der Waals surface area contributed by atoms with E-state index in [1.165, 1.54) is 24.4 Å². The maximum absolute atomic E-state index is 12.0. The molecule has 4 nitrogen and oxygen atoms in total. The van der Waals surface area contributed by atoms with Crippen LogP contribution in [0, 0.1) is 0 Å². The summed E-state index contributed by atoms with van der Waals surface area (Å²) in [4.78, 5) is 18.4. The number of alkyl halides is 3. The summed E-state index contributed by atoms with van der Waals surface area (Å²) in [7, 11) is 0. The van der Waals surface area contributed by atoms with E-state index in [9.17, 15) is 18.0 Å². The van der Waals surface area contributed by atoms with Crippen molar-refractivity contribution in [2.24, 2.45) is 0 Å². The molecule has 1 aromatic heterocycles. The molecule has 0 saturated carbocycles. The summed E-state index contributed by atoms with van der Waals surface area (Å²) in [6, 6.07) is 6.49. The highest BCUT2D eigenvalue weighted by Crippen LogP contribution is 2.24. The summed E-state index contributed by atoms with van der Waals surface area (Å²) in [5.41, 5.74) is 0.679. The van der Waals surface area contributed by atoms with Gasteiger partial charge in [-0.2, -0.15) is 0 Å². The molecule has 0 unspecified atom stereocenters. The molecule has 0 saturated heterocycles. The molecule has 0 atom stereocenters. The van der Waals surface area contributed by atoms with Gasteiger partial charge in [0.05, 0.1) is 0 Å². The Bertz CT molecular complexity index is 582. The van der Waals surface area contributed by atoms with Gasteiger partial charge in [0.25, 0.3) is 0 Å². The summed E-state index contributed by atoms with van der Waals surface area (Å²) in [6.45, 7) is 0. The second-order valence-electron chi connectivity index (χ2n) is 3.50. The van der Waals surface area contributed by atoms with Gasteiger partial charge in [0.15, 0.2) is 12.1 Å². The largest absolute Gasteiger partial charge is 0.573 e. The number of aldehydes is 1. The number of halogens is 3. The number of carbonyl (C=O) groups is 1. The zero-order valence-electron chi connectivity index (χ0n) is 9.39. The summed E-state index contributed by atoms with van der Waals surface area (Å²) < 4.78 is 39.7. The van der Waals surface area contributed by atoms with Crippen molar-refractivity contribution in [1.29, 1.82) is 0 Å². The van der Waals surface area contributed by atoms with Crippen molar-refractivity contribution in [2.45, 2.75) is 6.36 Å². The van der Waals surface area contributed by atoms with Gasteiger partial charge in [0, 0.05) is 11.8 Å². The van der Waals surface area contributed by atoms with Gasteiger partial charge in [0.2, 0.25) is 0 Å². The minimum absolute atomic E-state index is 0.195. The fourth-order valence-corrected chi connectivity index (χ4v) is 1.38. The molecule has 0 N–H and O–H groups in total. The molecule has 2 rings (SSSR count). The standard InChI is InChI=1S/C12H7F3N2O2/c13-12(14,15)19-10-3-1-8(2-4-10)11-16-6-5-9(7-18)17-11/h1-7H. The van der Waals surface area contributed by atoms with Crippen LogP contribution in [0.3, 0.4) is 0 Å². The lowest BCUT2D eigenvalue weighted by Crippen LogP contribution is -2.16. The van der Waals surface area contributed by atoms with Crippen LogP contribution in [-0.2, 0) is 0 Å². The molecule has 2 aromatic rings. The number of ether oxygens (including phenoxy) is 1. The Labute approximate surface area is 105 Å². The molecule has 1 aromatic carbocycles. The molecule has 7 heteroatoms. The van der Waals surface area contributed by atoms with Crippen molar-refractivity contribution in [3.63, 3.8) is 0 Å². The average molecular weight is 268 g/mol. The van der Waals surface area contributed by atoms with E-state index in [1.807, 2.05) is 0 Å². The minimum Gasteiger partial charge on any atom is -0.406 e. The number of hydrogen-bond acceptors (Lipinski definition) is 4. The smallest absolute Gasteiger partial charge is 0.406 e. The molecule has 98 valence electrons. The zero-order chi connectivity index (χ0) is 13.9. The summed E-state index contributed by atoms with van der Waals surface area (Å²) in [5, 5.41) is 0. The third-order valence-corrected chi connectivity index (χ3v) is 2.14. The Morgan fingerprint density at radius 2 is 1.79 bits per heavy atom. The molecule has 0 aliphatic carbocycles. The Kier molecular flexibility index (Phi) is 3.46. The molecule has 19 heavy (non-hydrogen) atoms. The maximum Gasteiger partial charge on any atom is 0.573 e. The molecule has 1 heterocycles. The second-order valence-corrected chi connectivity index (χ2v) is 3.50. The van der Waals surface area contributed by atoms with E-state index in [0.29, 0.717) is 11.8 Å². The van der Waals surface area contributed by atoms with E-state index in [0.717, 1.165) is 12.1 Å². The van der Waals surface area contributed by atoms with Crippen LogP contribution in [0.25, 0.3) is 11.4 Å². The Morgan fingerprint density at radius 3 is 2.37 bits per heavy atom. The number of carbonyl (C=O) groups excluding carboxylic acids is 1. The van der Waals surface area contributed by atoms with E-state index in [1.54, 1.807) is 0 Å². The summed E-state index contributed by atoms with van der Waals surface area (Å²) in [5.74, 6) is -0.0778. The first-order valence-electron chi connectivity index (χ1n) is 5.12. The van der Waals surface area contributed by atoms with Gasteiger partial charge in [-0.1, -0.05) is 0 Å². The van der Waals surface area contributed by atoms with Gasteiger partial charge in [-0.3, -0.25) is 4.79 Å². The Balaban J connectivity index is 2.24. The predicted octanol–water partition coefficient (Wildman–Crippen LogP) is 2.85. The molecule has 0 fully saturated rings. The van der Waals surface area contributed by atoms with Crippen molar-refractivity contribution in [2.75, 3.05) is 0 Å². The van der Waals surface area contributed by atoms with Gasteiger partial charge in [-0.05, 0) is 30.3 Å². The highest BCUT2D eigenvalue weighted by atomic mass is 19.4. The molecular formula is C12H7F3N2O2. The van der Waals surface area contributed by atoms with Gasteiger partial charge in [-0.15, -0.1) is 13.2 Å². The lowest BCUT2D eigenvalue weighted by Gasteiger charge is -2.08. The van der Waals surface area contributed by atoms with Crippen molar-refractivity contribution in [3.05, 3.63) is 42.2 Å². The monoisotopic (exact) mass is 268 g/mol. The normalized spacial score (nSPS) is 11.1. The maximum atomic E-state index is 12.0. The van der Waals surface area contributed by atoms with Crippen LogP contribution in [0.1, 0.15) is 10.5 Å². The van der Waals surface area contributed by atoms with E-state index >= 15 is 0 Å². The van der Waals surface area contributed by atoms with E-state index in [4.69, 9.17) is 0 Å². The fraction of sp³-hybridized carbons (Fsp3) is 0.0833. The summed E-state index contributed by atoms with van der Waals surface area (Å²) in [6.07, 6.45) is -2.77. The quantitative estimate of drug-likeness (QED) is 0.803. The molecule has 0 amide bonds. The number of aromatic nitrogens is 2. The third kappa shape index (κ3) is 3.51. The topological polar surface area (TPSA) is 52.1 Å². The van der Waals surface area contributed by atoms with Crippen LogP contribution in [0.15, 0.2) is 36.5 Å². The van der Waals surface area contributed by atoms with Crippen molar-refractivity contribution in [1.82, 2.24) is 9.97 Å². The van der Waals surface area contributed by atoms with Crippen molar-refractivity contribution >= 4 is 6.29 Å². The molecule has 0 aliphatic heterocycles. The minimum atomic E-state index is -4.73. The van der Waals surface area contributed by atoms with E-state index < -0.39 is 6.36 Å². The molecule has 0 radical (unpaired) electrons. The highest BCUT2D eigenvalue weighted by molar-refractivity contribution is 5.72. The first kappa shape index (κ1) is 13.0. The van der Waals surface area contributed by atoms with Gasteiger partial charge in [0.1, 0.15) is 11.4 Å². The van der Waals surface area contributed by atoms with E-state index in [2.05, 4.69) is 14.7 Å².